The fourth-order valence-corrected chi connectivity index (χ4v) is 1.59. The van der Waals surface area contributed by atoms with Gasteiger partial charge in [-0.3, -0.25) is 0 Å². The van der Waals surface area contributed by atoms with Gasteiger partial charge in [0, 0.05) is 19.7 Å². The molecule has 1 unspecified atom stereocenters. The second-order valence-corrected chi connectivity index (χ2v) is 4.14. The minimum atomic E-state index is -0.399. The zero-order chi connectivity index (χ0) is 11.4. The smallest absolute Gasteiger partial charge is 0.191 e. The van der Waals surface area contributed by atoms with E-state index in [1.165, 1.54) is 11.8 Å². The second kappa shape index (κ2) is 5.18. The van der Waals surface area contributed by atoms with Crippen molar-refractivity contribution in [3.8, 4) is 0 Å². The Labute approximate surface area is 93.7 Å². The maximum atomic E-state index is 9.26. The third kappa shape index (κ3) is 3.56. The molecule has 0 radical (unpaired) electrons. The molecule has 0 aliphatic heterocycles. The van der Waals surface area contributed by atoms with Crippen molar-refractivity contribution in [1.82, 2.24) is 9.97 Å². The summed E-state index contributed by atoms with van der Waals surface area (Å²) >= 11 is 1.44. The molecule has 1 aromatic rings. The molecule has 3 N–H and O–H groups in total. The number of aliphatic hydroxyl groups is 1. The summed E-state index contributed by atoms with van der Waals surface area (Å²) in [6.45, 7) is 2.25. The predicted molar refractivity (Wildman–Crippen MR) is 63.2 cm³/mol. The summed E-state index contributed by atoms with van der Waals surface area (Å²) in [7, 11) is 1.86. The van der Waals surface area contributed by atoms with E-state index in [1.807, 2.05) is 18.2 Å². The van der Waals surface area contributed by atoms with E-state index in [0.29, 0.717) is 17.5 Å². The maximum Gasteiger partial charge on any atom is 0.191 e. The Morgan fingerprint density at radius 2 is 2.27 bits per heavy atom. The van der Waals surface area contributed by atoms with Crippen LogP contribution < -0.4 is 10.6 Å². The molecule has 5 nitrogen and oxygen atoms in total. The van der Waals surface area contributed by atoms with E-state index in [1.54, 1.807) is 13.0 Å². The van der Waals surface area contributed by atoms with Gasteiger partial charge in [-0.2, -0.15) is 0 Å². The highest BCUT2D eigenvalue weighted by molar-refractivity contribution is 7.98. The Morgan fingerprint density at radius 1 is 1.60 bits per heavy atom. The van der Waals surface area contributed by atoms with Gasteiger partial charge in [0.15, 0.2) is 5.16 Å². The van der Waals surface area contributed by atoms with Crippen LogP contribution in [-0.4, -0.2) is 41.0 Å². The minimum Gasteiger partial charge on any atom is -0.392 e. The molecule has 0 aromatic carbocycles. The van der Waals surface area contributed by atoms with Gasteiger partial charge >= 0.3 is 0 Å². The van der Waals surface area contributed by atoms with Crippen LogP contribution in [0.4, 0.5) is 11.6 Å². The van der Waals surface area contributed by atoms with Crippen molar-refractivity contribution in [2.24, 2.45) is 0 Å². The van der Waals surface area contributed by atoms with Gasteiger partial charge in [-0.15, -0.1) is 0 Å². The number of nitrogen functional groups attached to an aromatic ring is 1. The zero-order valence-corrected chi connectivity index (χ0v) is 9.95. The molecule has 0 saturated heterocycles. The molecule has 84 valence electrons. The number of hydrogen-bond donors (Lipinski definition) is 2. The van der Waals surface area contributed by atoms with Crippen LogP contribution in [0.15, 0.2) is 11.2 Å². The second-order valence-electron chi connectivity index (χ2n) is 3.37. The van der Waals surface area contributed by atoms with Crippen molar-refractivity contribution in [2.75, 3.05) is 30.5 Å². The van der Waals surface area contributed by atoms with Crippen LogP contribution in [0, 0.1) is 0 Å². The normalized spacial score (nSPS) is 12.5. The molecule has 1 aromatic heterocycles. The van der Waals surface area contributed by atoms with Crippen LogP contribution in [0.25, 0.3) is 0 Å². The van der Waals surface area contributed by atoms with E-state index in [-0.39, 0.29) is 0 Å². The monoisotopic (exact) mass is 228 g/mol. The Kier molecular flexibility index (Phi) is 4.16. The van der Waals surface area contributed by atoms with Crippen LogP contribution in [0.2, 0.25) is 0 Å². The van der Waals surface area contributed by atoms with Gasteiger partial charge in [-0.1, -0.05) is 11.8 Å². The molecular weight excluding hydrogens is 212 g/mol. The van der Waals surface area contributed by atoms with E-state index in [4.69, 9.17) is 5.73 Å². The van der Waals surface area contributed by atoms with Gasteiger partial charge < -0.3 is 15.7 Å². The van der Waals surface area contributed by atoms with Gasteiger partial charge in [0.2, 0.25) is 0 Å². The van der Waals surface area contributed by atoms with Crippen LogP contribution in [-0.2, 0) is 0 Å². The number of aromatic nitrogens is 2. The van der Waals surface area contributed by atoms with Crippen LogP contribution in [0.3, 0.4) is 0 Å². The van der Waals surface area contributed by atoms with Crippen molar-refractivity contribution in [2.45, 2.75) is 18.2 Å². The number of nitrogens with zero attached hydrogens (tertiary/aromatic N) is 3. The van der Waals surface area contributed by atoms with Crippen LogP contribution in [0.1, 0.15) is 6.92 Å². The number of thioether (sulfide) groups is 1. The minimum absolute atomic E-state index is 0.399. The average molecular weight is 228 g/mol. The van der Waals surface area contributed by atoms with Crippen molar-refractivity contribution in [3.63, 3.8) is 0 Å². The zero-order valence-electron chi connectivity index (χ0n) is 9.14. The highest BCUT2D eigenvalue weighted by Crippen LogP contribution is 2.17. The lowest BCUT2D eigenvalue weighted by Gasteiger charge is -2.20. The molecule has 6 heteroatoms. The lowest BCUT2D eigenvalue weighted by Crippen LogP contribution is -2.27. The SMILES string of the molecule is CSc1nc(N)cc(N(C)CC(C)O)n1. The summed E-state index contributed by atoms with van der Waals surface area (Å²) in [6, 6.07) is 1.70. The van der Waals surface area contributed by atoms with Crippen molar-refractivity contribution in [3.05, 3.63) is 6.07 Å². The molecule has 1 heterocycles. The summed E-state index contributed by atoms with van der Waals surface area (Å²) in [4.78, 5) is 10.2. The molecule has 0 saturated carbocycles. The van der Waals surface area contributed by atoms with E-state index >= 15 is 0 Å². The van der Waals surface area contributed by atoms with Gasteiger partial charge in [0.1, 0.15) is 11.6 Å². The standard InChI is InChI=1S/C9H16N4OS/c1-6(14)5-13(2)8-4-7(10)11-9(12-8)15-3/h4,6,14H,5H2,1-3H3,(H2,10,11,12). The Morgan fingerprint density at radius 3 is 2.80 bits per heavy atom. The first kappa shape index (κ1) is 12.1. The summed E-state index contributed by atoms with van der Waals surface area (Å²) in [6.07, 6.45) is 1.50. The number of aliphatic hydroxyl groups excluding tert-OH is 1. The van der Waals surface area contributed by atoms with E-state index in [0.717, 1.165) is 5.82 Å². The summed E-state index contributed by atoms with van der Waals surface area (Å²) in [5, 5.41) is 9.90. The van der Waals surface area contributed by atoms with Gasteiger partial charge in [0.05, 0.1) is 6.10 Å². The van der Waals surface area contributed by atoms with Crippen molar-refractivity contribution in [1.29, 1.82) is 0 Å². The third-order valence-corrected chi connectivity index (χ3v) is 2.37. The Balaban J connectivity index is 2.88. The molecule has 0 fully saturated rings. The third-order valence-electron chi connectivity index (χ3n) is 1.82. The van der Waals surface area contributed by atoms with E-state index in [2.05, 4.69) is 9.97 Å². The van der Waals surface area contributed by atoms with Crippen molar-refractivity contribution >= 4 is 23.4 Å². The highest BCUT2D eigenvalue weighted by atomic mass is 32.2. The molecule has 1 rings (SSSR count). The molecule has 0 amide bonds. The maximum absolute atomic E-state index is 9.26. The fraction of sp³-hybridized carbons (Fsp3) is 0.556. The molecular formula is C9H16N4OS. The first-order valence-electron chi connectivity index (χ1n) is 4.60. The van der Waals surface area contributed by atoms with Crippen LogP contribution in [0.5, 0.6) is 0 Å². The average Bonchev–Trinajstić information content (AvgIpc) is 2.15. The highest BCUT2D eigenvalue weighted by Gasteiger charge is 2.08. The molecule has 1 atom stereocenters. The first-order valence-corrected chi connectivity index (χ1v) is 5.83. The summed E-state index contributed by atoms with van der Waals surface area (Å²) in [5.41, 5.74) is 5.65. The van der Waals surface area contributed by atoms with Gasteiger partial charge in [-0.05, 0) is 13.2 Å². The largest absolute Gasteiger partial charge is 0.392 e. The molecule has 0 spiro atoms. The molecule has 0 aliphatic carbocycles. The van der Waals surface area contributed by atoms with E-state index in [9.17, 15) is 5.11 Å². The molecule has 0 bridgehead atoms. The van der Waals surface area contributed by atoms with Gasteiger partial charge in [-0.25, -0.2) is 9.97 Å². The number of hydrogen-bond acceptors (Lipinski definition) is 6. The lowest BCUT2D eigenvalue weighted by atomic mass is 10.3. The summed E-state index contributed by atoms with van der Waals surface area (Å²) < 4.78 is 0. The fourth-order valence-electron chi connectivity index (χ4n) is 1.21. The van der Waals surface area contributed by atoms with Crippen LogP contribution >= 0.6 is 11.8 Å². The summed E-state index contributed by atoms with van der Waals surface area (Å²) in [5.74, 6) is 1.18. The molecule has 0 aliphatic rings. The number of likely N-dealkylation sites (N-methyl/N-ethyl adjacent to an activating group) is 1. The quantitative estimate of drug-likeness (QED) is 0.580. The Bertz CT molecular complexity index is 332. The lowest BCUT2D eigenvalue weighted by molar-refractivity contribution is 0.201. The number of rotatable bonds is 4. The first-order chi connectivity index (χ1) is 7.02. The predicted octanol–water partition coefficient (Wildman–Crippen LogP) is 0.598. The van der Waals surface area contributed by atoms with Crippen molar-refractivity contribution < 1.29 is 5.11 Å². The number of nitrogens with two attached hydrogens (primary N) is 1. The van der Waals surface area contributed by atoms with E-state index < -0.39 is 6.10 Å². The Hall–Kier alpha value is -1.01. The number of anilines is 2. The van der Waals surface area contributed by atoms with Gasteiger partial charge in [0.25, 0.3) is 0 Å². The molecule has 15 heavy (non-hydrogen) atoms. The topological polar surface area (TPSA) is 75.3 Å².